The van der Waals surface area contributed by atoms with Crippen LogP contribution in [0.2, 0.25) is 0 Å². The van der Waals surface area contributed by atoms with Crippen molar-refractivity contribution in [2.45, 2.75) is 6.92 Å². The second-order valence-corrected chi connectivity index (χ2v) is 5.50. The third-order valence-electron chi connectivity index (χ3n) is 3.98. The lowest BCUT2D eigenvalue weighted by atomic mass is 10.0. The van der Waals surface area contributed by atoms with E-state index in [0.29, 0.717) is 39.7 Å². The first kappa shape index (κ1) is 16.7. The highest BCUT2D eigenvalue weighted by Crippen LogP contribution is 2.42. The number of ketones is 1. The first-order valence-corrected chi connectivity index (χ1v) is 7.57. The number of phenolic OH excluding ortho intramolecular Hbond substituents is 1. The maximum atomic E-state index is 12.6. The molecule has 0 atom stereocenters. The fourth-order valence-electron chi connectivity index (χ4n) is 2.87. The van der Waals surface area contributed by atoms with Crippen LogP contribution in [0.15, 0.2) is 30.0 Å². The Morgan fingerprint density at radius 3 is 2.40 bits per heavy atom. The van der Waals surface area contributed by atoms with Crippen LogP contribution >= 0.6 is 0 Å². The lowest BCUT2D eigenvalue weighted by Crippen LogP contribution is -2.01. The van der Waals surface area contributed by atoms with Gasteiger partial charge in [0, 0.05) is 11.6 Å². The molecule has 0 unspecified atom stereocenters. The van der Waals surface area contributed by atoms with Crippen LogP contribution in [0.1, 0.15) is 21.5 Å². The van der Waals surface area contributed by atoms with Gasteiger partial charge >= 0.3 is 0 Å². The molecule has 6 nitrogen and oxygen atoms in total. The van der Waals surface area contributed by atoms with E-state index in [2.05, 4.69) is 0 Å². The zero-order chi connectivity index (χ0) is 18.1. The summed E-state index contributed by atoms with van der Waals surface area (Å²) < 4.78 is 21.7. The molecule has 0 amide bonds. The Balaban J connectivity index is 2.08. The summed E-state index contributed by atoms with van der Waals surface area (Å²) in [6, 6.07) is 6.42. The van der Waals surface area contributed by atoms with Crippen molar-refractivity contribution in [2.24, 2.45) is 0 Å². The first-order valence-electron chi connectivity index (χ1n) is 7.57. The standard InChI is InChI=1S/C19H18O6/c1-10-7-12(20)9-14-16(10)17(21)15(25-14)8-11-5-6-13(22-2)19(24-4)18(11)23-3/h5-9,20H,1-4H3/b15-8-. The van der Waals surface area contributed by atoms with Crippen molar-refractivity contribution in [1.29, 1.82) is 0 Å². The number of allylic oxidation sites excluding steroid dienone is 1. The molecule has 0 spiro atoms. The van der Waals surface area contributed by atoms with Crippen LogP contribution in [0.3, 0.4) is 0 Å². The highest BCUT2D eigenvalue weighted by atomic mass is 16.5. The van der Waals surface area contributed by atoms with Gasteiger partial charge in [-0.25, -0.2) is 0 Å². The molecule has 0 fully saturated rings. The van der Waals surface area contributed by atoms with Gasteiger partial charge in [-0.1, -0.05) is 0 Å². The third-order valence-corrected chi connectivity index (χ3v) is 3.98. The molecule has 130 valence electrons. The van der Waals surface area contributed by atoms with Gasteiger partial charge in [0.15, 0.2) is 17.3 Å². The van der Waals surface area contributed by atoms with Gasteiger partial charge in [-0.3, -0.25) is 4.79 Å². The van der Waals surface area contributed by atoms with Crippen LogP contribution in [-0.2, 0) is 0 Å². The van der Waals surface area contributed by atoms with E-state index in [1.807, 2.05) is 0 Å². The second-order valence-electron chi connectivity index (χ2n) is 5.50. The van der Waals surface area contributed by atoms with E-state index in [1.54, 1.807) is 25.1 Å². The van der Waals surface area contributed by atoms with Gasteiger partial charge in [0.2, 0.25) is 11.5 Å². The fraction of sp³-hybridized carbons (Fsp3) is 0.211. The molecule has 0 aromatic heterocycles. The van der Waals surface area contributed by atoms with E-state index in [9.17, 15) is 9.90 Å². The number of hydrogen-bond donors (Lipinski definition) is 1. The van der Waals surface area contributed by atoms with Gasteiger partial charge in [0.25, 0.3) is 0 Å². The average Bonchev–Trinajstić information content (AvgIpc) is 2.89. The molecule has 6 heteroatoms. The molecule has 25 heavy (non-hydrogen) atoms. The lowest BCUT2D eigenvalue weighted by molar-refractivity contribution is 0.101. The maximum absolute atomic E-state index is 12.6. The molecule has 2 aromatic rings. The maximum Gasteiger partial charge on any atom is 0.232 e. The van der Waals surface area contributed by atoms with E-state index in [0.717, 1.165) is 0 Å². The minimum Gasteiger partial charge on any atom is -0.508 e. The van der Waals surface area contributed by atoms with E-state index >= 15 is 0 Å². The normalized spacial score (nSPS) is 14.2. The minimum absolute atomic E-state index is 0.0500. The number of rotatable bonds is 4. The molecular weight excluding hydrogens is 324 g/mol. The summed E-state index contributed by atoms with van der Waals surface area (Å²) in [5.74, 6) is 1.67. The molecule has 1 aliphatic heterocycles. The molecule has 0 aliphatic carbocycles. The second kappa shape index (κ2) is 6.39. The summed E-state index contributed by atoms with van der Waals surface area (Å²) in [6.07, 6.45) is 1.58. The van der Waals surface area contributed by atoms with Crippen molar-refractivity contribution in [3.05, 3.63) is 46.7 Å². The minimum atomic E-state index is -0.246. The summed E-state index contributed by atoms with van der Waals surface area (Å²) in [4.78, 5) is 12.6. The summed E-state index contributed by atoms with van der Waals surface area (Å²) in [5, 5.41) is 9.69. The third kappa shape index (κ3) is 2.76. The Morgan fingerprint density at radius 1 is 1.04 bits per heavy atom. The van der Waals surface area contributed by atoms with Crippen molar-refractivity contribution >= 4 is 11.9 Å². The van der Waals surface area contributed by atoms with Gasteiger partial charge in [0.1, 0.15) is 11.5 Å². The number of methoxy groups -OCH3 is 3. The molecule has 0 radical (unpaired) electrons. The zero-order valence-electron chi connectivity index (χ0n) is 14.4. The monoisotopic (exact) mass is 342 g/mol. The average molecular weight is 342 g/mol. The molecule has 0 bridgehead atoms. The van der Waals surface area contributed by atoms with Crippen LogP contribution in [-0.4, -0.2) is 32.2 Å². The Kier molecular flexibility index (Phi) is 4.27. The topological polar surface area (TPSA) is 74.2 Å². The fourth-order valence-corrected chi connectivity index (χ4v) is 2.87. The van der Waals surface area contributed by atoms with Gasteiger partial charge in [-0.05, 0) is 36.8 Å². The quantitative estimate of drug-likeness (QED) is 0.859. The Labute approximate surface area is 145 Å². The van der Waals surface area contributed by atoms with Crippen molar-refractivity contribution in [1.82, 2.24) is 0 Å². The zero-order valence-corrected chi connectivity index (χ0v) is 14.4. The summed E-state index contributed by atoms with van der Waals surface area (Å²) in [5.41, 5.74) is 1.71. The largest absolute Gasteiger partial charge is 0.508 e. The first-order chi connectivity index (χ1) is 12.0. The summed E-state index contributed by atoms with van der Waals surface area (Å²) in [7, 11) is 4.55. The van der Waals surface area contributed by atoms with Gasteiger partial charge < -0.3 is 24.1 Å². The van der Waals surface area contributed by atoms with Gasteiger partial charge in [-0.2, -0.15) is 0 Å². The number of benzene rings is 2. The van der Waals surface area contributed by atoms with Gasteiger partial charge in [-0.15, -0.1) is 0 Å². The number of aromatic hydroxyl groups is 1. The van der Waals surface area contributed by atoms with Crippen LogP contribution in [0, 0.1) is 6.92 Å². The summed E-state index contributed by atoms with van der Waals surface area (Å²) in [6.45, 7) is 1.75. The van der Waals surface area contributed by atoms with Gasteiger partial charge in [0.05, 0.1) is 26.9 Å². The molecule has 0 saturated carbocycles. The molecule has 0 saturated heterocycles. The van der Waals surface area contributed by atoms with E-state index in [1.165, 1.54) is 33.5 Å². The number of fused-ring (bicyclic) bond motifs is 1. The van der Waals surface area contributed by atoms with Crippen molar-refractivity contribution in [2.75, 3.05) is 21.3 Å². The Morgan fingerprint density at radius 2 is 1.76 bits per heavy atom. The van der Waals surface area contributed by atoms with Crippen LogP contribution in [0.4, 0.5) is 0 Å². The number of aryl methyl sites for hydroxylation is 1. The number of Topliss-reactive ketones (excluding diaryl/α,β-unsaturated/α-hetero) is 1. The van der Waals surface area contributed by atoms with Crippen molar-refractivity contribution < 1.29 is 28.8 Å². The highest BCUT2D eigenvalue weighted by Gasteiger charge is 2.30. The number of carbonyl (C=O) groups is 1. The van der Waals surface area contributed by atoms with E-state index < -0.39 is 0 Å². The molecule has 1 aliphatic rings. The van der Waals surface area contributed by atoms with Crippen molar-refractivity contribution in [3.8, 4) is 28.7 Å². The summed E-state index contributed by atoms with van der Waals surface area (Å²) >= 11 is 0. The highest BCUT2D eigenvalue weighted by molar-refractivity contribution is 6.15. The Hall–Kier alpha value is -3.15. The number of carbonyl (C=O) groups excluding carboxylic acids is 1. The lowest BCUT2D eigenvalue weighted by Gasteiger charge is -2.14. The predicted molar refractivity (Wildman–Crippen MR) is 91.9 cm³/mol. The van der Waals surface area contributed by atoms with E-state index in [4.69, 9.17) is 18.9 Å². The number of hydrogen-bond acceptors (Lipinski definition) is 6. The molecule has 2 aromatic carbocycles. The molecule has 1 heterocycles. The van der Waals surface area contributed by atoms with Crippen LogP contribution < -0.4 is 18.9 Å². The van der Waals surface area contributed by atoms with Crippen LogP contribution in [0.25, 0.3) is 6.08 Å². The molecule has 3 rings (SSSR count). The number of phenols is 1. The molecular formula is C19H18O6. The van der Waals surface area contributed by atoms with Crippen molar-refractivity contribution in [3.63, 3.8) is 0 Å². The Bertz CT molecular complexity index is 882. The smallest absolute Gasteiger partial charge is 0.232 e. The van der Waals surface area contributed by atoms with Crippen LogP contribution in [0.5, 0.6) is 28.7 Å². The predicted octanol–water partition coefficient (Wildman–Crippen LogP) is 3.34. The van der Waals surface area contributed by atoms with E-state index in [-0.39, 0.29) is 17.3 Å². The number of ether oxygens (including phenoxy) is 4. The molecule has 1 N–H and O–H groups in total. The SMILES string of the molecule is COc1ccc(/C=C2\Oc3cc(O)cc(C)c3C2=O)c(OC)c1OC.